The van der Waals surface area contributed by atoms with Crippen LogP contribution in [0.25, 0.3) is 5.69 Å². The van der Waals surface area contributed by atoms with Gasteiger partial charge in [-0.25, -0.2) is 13.9 Å². The molecule has 1 atom stereocenters. The molecule has 0 saturated carbocycles. The minimum Gasteiger partial charge on any atom is -0.331 e. The van der Waals surface area contributed by atoms with Gasteiger partial charge in [0.05, 0.1) is 30.7 Å². The average molecular weight is 384 g/mol. The van der Waals surface area contributed by atoms with Gasteiger partial charge in [0.15, 0.2) is 0 Å². The number of nitrogens with zero attached hydrogens (tertiary/aromatic N) is 5. The van der Waals surface area contributed by atoms with E-state index >= 15 is 0 Å². The van der Waals surface area contributed by atoms with E-state index in [9.17, 15) is 9.18 Å². The van der Waals surface area contributed by atoms with Gasteiger partial charge in [-0.3, -0.25) is 4.68 Å². The second-order valence-corrected chi connectivity index (χ2v) is 7.14. The highest BCUT2D eigenvalue weighted by atomic mass is 19.1. The highest BCUT2D eigenvalue weighted by Gasteiger charge is 2.16. The van der Waals surface area contributed by atoms with Crippen molar-refractivity contribution in [2.24, 2.45) is 0 Å². The molecule has 7 nitrogen and oxygen atoms in total. The molecule has 2 aromatic heterocycles. The summed E-state index contributed by atoms with van der Waals surface area (Å²) in [5.41, 5.74) is 2.59. The lowest BCUT2D eigenvalue weighted by Crippen LogP contribution is -2.38. The Kier molecular flexibility index (Phi) is 5.77. The van der Waals surface area contributed by atoms with E-state index in [2.05, 4.69) is 29.4 Å². The molecular weight excluding hydrogens is 359 g/mol. The second-order valence-electron chi connectivity index (χ2n) is 7.14. The Morgan fingerprint density at radius 3 is 2.50 bits per heavy atom. The normalized spacial score (nSPS) is 12.2. The van der Waals surface area contributed by atoms with Gasteiger partial charge in [-0.1, -0.05) is 0 Å². The first kappa shape index (κ1) is 19.6. The van der Waals surface area contributed by atoms with Crippen molar-refractivity contribution in [2.45, 2.75) is 39.4 Å². The van der Waals surface area contributed by atoms with Crippen LogP contribution in [0.1, 0.15) is 44.0 Å². The topological polar surface area (TPSA) is 68.0 Å². The highest BCUT2D eigenvalue weighted by Crippen LogP contribution is 2.15. The van der Waals surface area contributed by atoms with Crippen LogP contribution in [-0.4, -0.2) is 37.5 Å². The maximum Gasteiger partial charge on any atom is 0.317 e. The summed E-state index contributed by atoms with van der Waals surface area (Å²) < 4.78 is 16.6. The third-order valence-electron chi connectivity index (χ3n) is 4.48. The van der Waals surface area contributed by atoms with Crippen molar-refractivity contribution in [1.82, 2.24) is 29.8 Å². The molecule has 0 unspecified atom stereocenters. The first-order chi connectivity index (χ1) is 13.3. The molecule has 0 saturated heterocycles. The lowest BCUT2D eigenvalue weighted by Gasteiger charge is -2.20. The number of nitrogens with one attached hydrogen (secondary N) is 1. The fraction of sp³-hybridized carbons (Fsp3) is 0.350. The van der Waals surface area contributed by atoms with E-state index in [1.807, 2.05) is 24.0 Å². The molecular formula is C20H25FN6O. The third kappa shape index (κ3) is 4.57. The van der Waals surface area contributed by atoms with Crippen molar-refractivity contribution in [3.63, 3.8) is 0 Å². The summed E-state index contributed by atoms with van der Waals surface area (Å²) in [6.07, 6.45) is 7.25. The number of halogens is 1. The minimum atomic E-state index is -0.293. The number of rotatable bonds is 6. The van der Waals surface area contributed by atoms with Crippen LogP contribution in [0.2, 0.25) is 0 Å². The van der Waals surface area contributed by atoms with E-state index in [0.29, 0.717) is 6.54 Å². The van der Waals surface area contributed by atoms with Crippen molar-refractivity contribution < 1.29 is 9.18 Å². The molecule has 1 N–H and O–H groups in total. The molecule has 0 aliphatic heterocycles. The highest BCUT2D eigenvalue weighted by molar-refractivity contribution is 5.74. The standard InChI is InChI=1S/C20H25FN6O/c1-14(2)26-12-16(9-22-26)11-25(4)20(28)24-15(3)17-10-23-27(13-17)19-7-5-18(21)6-8-19/h5-10,12-15H,11H2,1-4H3,(H,24,28)/t15-/m1/s1. The van der Waals surface area contributed by atoms with Crippen molar-refractivity contribution in [1.29, 1.82) is 0 Å². The van der Waals surface area contributed by atoms with Crippen LogP contribution in [0, 0.1) is 5.82 Å². The first-order valence-corrected chi connectivity index (χ1v) is 9.18. The fourth-order valence-corrected chi connectivity index (χ4v) is 2.76. The van der Waals surface area contributed by atoms with Crippen LogP contribution in [0.5, 0.6) is 0 Å². The Morgan fingerprint density at radius 2 is 1.86 bits per heavy atom. The Balaban J connectivity index is 1.59. The first-order valence-electron chi connectivity index (χ1n) is 9.18. The predicted molar refractivity (Wildman–Crippen MR) is 105 cm³/mol. The van der Waals surface area contributed by atoms with Gasteiger partial charge in [0.2, 0.25) is 0 Å². The maximum atomic E-state index is 13.1. The molecule has 8 heteroatoms. The Bertz CT molecular complexity index is 930. The van der Waals surface area contributed by atoms with Crippen LogP contribution in [0.4, 0.5) is 9.18 Å². The summed E-state index contributed by atoms with van der Waals surface area (Å²) in [6, 6.07) is 5.96. The Hall–Kier alpha value is -3.16. The molecule has 148 valence electrons. The molecule has 1 aromatic carbocycles. The molecule has 28 heavy (non-hydrogen) atoms. The molecule has 0 aliphatic rings. The van der Waals surface area contributed by atoms with E-state index in [0.717, 1.165) is 16.8 Å². The molecule has 0 aliphatic carbocycles. The summed E-state index contributed by atoms with van der Waals surface area (Å²) >= 11 is 0. The van der Waals surface area contributed by atoms with E-state index in [4.69, 9.17) is 0 Å². The van der Waals surface area contributed by atoms with E-state index in [-0.39, 0.29) is 23.9 Å². The molecule has 3 aromatic rings. The number of hydrogen-bond acceptors (Lipinski definition) is 3. The van der Waals surface area contributed by atoms with E-state index in [1.54, 1.807) is 41.2 Å². The lowest BCUT2D eigenvalue weighted by atomic mass is 10.2. The van der Waals surface area contributed by atoms with Gasteiger partial charge in [-0.2, -0.15) is 10.2 Å². The number of carbonyl (C=O) groups excluding carboxylic acids is 1. The van der Waals surface area contributed by atoms with Crippen molar-refractivity contribution in [3.8, 4) is 5.69 Å². The Morgan fingerprint density at radius 1 is 1.14 bits per heavy atom. The molecule has 0 spiro atoms. The Labute approximate surface area is 163 Å². The zero-order chi connectivity index (χ0) is 20.3. The van der Waals surface area contributed by atoms with Crippen molar-refractivity contribution in [3.05, 3.63) is 66.0 Å². The largest absolute Gasteiger partial charge is 0.331 e. The van der Waals surface area contributed by atoms with E-state index in [1.165, 1.54) is 12.1 Å². The molecule has 0 bridgehead atoms. The van der Waals surface area contributed by atoms with Crippen LogP contribution in [0.15, 0.2) is 49.1 Å². The number of benzene rings is 1. The summed E-state index contributed by atoms with van der Waals surface area (Å²) in [5, 5.41) is 11.6. The zero-order valence-corrected chi connectivity index (χ0v) is 16.5. The monoisotopic (exact) mass is 384 g/mol. The third-order valence-corrected chi connectivity index (χ3v) is 4.48. The van der Waals surface area contributed by atoms with Gasteiger partial charge in [0, 0.05) is 36.6 Å². The number of amides is 2. The molecule has 2 amide bonds. The van der Waals surface area contributed by atoms with Gasteiger partial charge in [0.1, 0.15) is 5.82 Å². The van der Waals surface area contributed by atoms with E-state index < -0.39 is 0 Å². The number of hydrogen-bond donors (Lipinski definition) is 1. The predicted octanol–water partition coefficient (Wildman–Crippen LogP) is 3.69. The molecule has 0 fully saturated rings. The number of urea groups is 1. The zero-order valence-electron chi connectivity index (χ0n) is 16.5. The number of carbonyl (C=O) groups is 1. The van der Waals surface area contributed by atoms with Gasteiger partial charge in [-0.15, -0.1) is 0 Å². The van der Waals surface area contributed by atoms with Crippen LogP contribution in [-0.2, 0) is 6.54 Å². The van der Waals surface area contributed by atoms with Crippen LogP contribution >= 0.6 is 0 Å². The number of aromatic nitrogens is 4. The second kappa shape index (κ2) is 8.24. The van der Waals surface area contributed by atoms with Gasteiger partial charge in [-0.05, 0) is 45.0 Å². The smallest absolute Gasteiger partial charge is 0.317 e. The lowest BCUT2D eigenvalue weighted by molar-refractivity contribution is 0.203. The minimum absolute atomic E-state index is 0.181. The van der Waals surface area contributed by atoms with Crippen LogP contribution < -0.4 is 5.32 Å². The summed E-state index contributed by atoms with van der Waals surface area (Å²) in [4.78, 5) is 14.1. The van der Waals surface area contributed by atoms with Crippen molar-refractivity contribution in [2.75, 3.05) is 7.05 Å². The van der Waals surface area contributed by atoms with Crippen molar-refractivity contribution >= 4 is 6.03 Å². The van der Waals surface area contributed by atoms with Gasteiger partial charge >= 0.3 is 6.03 Å². The SMILES string of the molecule is CC(C)n1cc(CN(C)C(=O)N[C@H](C)c2cnn(-c3ccc(F)cc3)c2)cn1. The molecule has 0 radical (unpaired) electrons. The molecule has 2 heterocycles. The quantitative estimate of drug-likeness (QED) is 0.705. The average Bonchev–Trinajstić information content (AvgIpc) is 3.32. The van der Waals surface area contributed by atoms with Gasteiger partial charge in [0.25, 0.3) is 0 Å². The van der Waals surface area contributed by atoms with Crippen LogP contribution in [0.3, 0.4) is 0 Å². The van der Waals surface area contributed by atoms with Gasteiger partial charge < -0.3 is 10.2 Å². The summed E-state index contributed by atoms with van der Waals surface area (Å²) in [5.74, 6) is -0.293. The fourth-order valence-electron chi connectivity index (χ4n) is 2.76. The summed E-state index contributed by atoms with van der Waals surface area (Å²) in [7, 11) is 1.75. The summed E-state index contributed by atoms with van der Waals surface area (Å²) in [6.45, 7) is 6.48. The maximum absolute atomic E-state index is 13.1. The molecule has 3 rings (SSSR count).